The number of para-hydroxylation sites is 2. The van der Waals surface area contributed by atoms with Crippen molar-refractivity contribution in [2.24, 2.45) is 5.92 Å². The molecule has 0 spiro atoms. The molecule has 0 bridgehead atoms. The summed E-state index contributed by atoms with van der Waals surface area (Å²) in [6.07, 6.45) is 0. The van der Waals surface area contributed by atoms with E-state index in [1.165, 1.54) is 0 Å². The van der Waals surface area contributed by atoms with Gasteiger partial charge >= 0.3 is 0 Å². The molecular formula is C12H17N3O. The molecule has 1 aromatic carbocycles. The molecule has 1 heterocycles. The zero-order valence-electron chi connectivity index (χ0n) is 9.68. The van der Waals surface area contributed by atoms with Gasteiger partial charge in [0.1, 0.15) is 0 Å². The topological polar surface area (TPSA) is 53.1 Å². The highest BCUT2D eigenvalue weighted by molar-refractivity contribution is 5.78. The molecule has 0 radical (unpaired) electrons. The minimum Gasteiger partial charge on any atom is -0.384 e. The van der Waals surface area contributed by atoms with Crippen LogP contribution in [-0.2, 0) is 11.3 Å². The van der Waals surface area contributed by atoms with Crippen molar-refractivity contribution in [3.8, 4) is 0 Å². The molecule has 16 heavy (non-hydrogen) atoms. The summed E-state index contributed by atoms with van der Waals surface area (Å²) >= 11 is 0. The van der Waals surface area contributed by atoms with Gasteiger partial charge in [0.15, 0.2) is 0 Å². The molecular weight excluding hydrogens is 202 g/mol. The highest BCUT2D eigenvalue weighted by atomic mass is 16.5. The molecule has 1 aromatic heterocycles. The van der Waals surface area contributed by atoms with Crippen LogP contribution in [0, 0.1) is 5.92 Å². The van der Waals surface area contributed by atoms with Gasteiger partial charge in [-0.25, -0.2) is 4.98 Å². The number of benzene rings is 1. The Balaban J connectivity index is 2.32. The van der Waals surface area contributed by atoms with Crippen LogP contribution < -0.4 is 5.73 Å². The van der Waals surface area contributed by atoms with Crippen LogP contribution >= 0.6 is 0 Å². The van der Waals surface area contributed by atoms with E-state index in [2.05, 4.69) is 11.9 Å². The van der Waals surface area contributed by atoms with Crippen molar-refractivity contribution < 1.29 is 4.74 Å². The molecule has 0 amide bonds. The van der Waals surface area contributed by atoms with E-state index in [0.29, 0.717) is 11.9 Å². The molecule has 0 saturated heterocycles. The van der Waals surface area contributed by atoms with Gasteiger partial charge in [-0.2, -0.15) is 0 Å². The Morgan fingerprint density at radius 1 is 1.44 bits per heavy atom. The maximum absolute atomic E-state index is 5.91. The number of hydrogen-bond donors (Lipinski definition) is 1. The number of hydrogen-bond acceptors (Lipinski definition) is 3. The summed E-state index contributed by atoms with van der Waals surface area (Å²) in [4.78, 5) is 4.33. The van der Waals surface area contributed by atoms with Gasteiger partial charge in [-0.1, -0.05) is 19.1 Å². The number of anilines is 1. The molecule has 1 atom stereocenters. The molecule has 2 aromatic rings. The van der Waals surface area contributed by atoms with Crippen LogP contribution in [0.15, 0.2) is 24.3 Å². The fourth-order valence-corrected chi connectivity index (χ4v) is 1.93. The Kier molecular flexibility index (Phi) is 3.10. The number of methoxy groups -OCH3 is 1. The largest absolute Gasteiger partial charge is 0.384 e. The molecule has 0 saturated carbocycles. The Morgan fingerprint density at radius 2 is 2.19 bits per heavy atom. The minimum atomic E-state index is 0.421. The quantitative estimate of drug-likeness (QED) is 0.854. The van der Waals surface area contributed by atoms with Crippen molar-refractivity contribution >= 4 is 17.0 Å². The maximum Gasteiger partial charge on any atom is 0.201 e. The number of ether oxygens (including phenoxy) is 1. The van der Waals surface area contributed by atoms with Crippen molar-refractivity contribution in [1.82, 2.24) is 9.55 Å². The Labute approximate surface area is 95.0 Å². The van der Waals surface area contributed by atoms with E-state index in [0.717, 1.165) is 24.2 Å². The van der Waals surface area contributed by atoms with E-state index in [1.807, 2.05) is 28.8 Å². The minimum absolute atomic E-state index is 0.421. The maximum atomic E-state index is 5.91. The first-order valence-electron chi connectivity index (χ1n) is 5.42. The van der Waals surface area contributed by atoms with Gasteiger partial charge in [-0.05, 0) is 18.1 Å². The molecule has 0 aliphatic carbocycles. The summed E-state index contributed by atoms with van der Waals surface area (Å²) in [6, 6.07) is 7.99. The lowest BCUT2D eigenvalue weighted by Gasteiger charge is -2.12. The average Bonchev–Trinajstić information content (AvgIpc) is 2.56. The number of nitrogens with two attached hydrogens (primary N) is 1. The van der Waals surface area contributed by atoms with Crippen molar-refractivity contribution in [1.29, 1.82) is 0 Å². The first kappa shape index (κ1) is 11.0. The van der Waals surface area contributed by atoms with Crippen LogP contribution in [0.2, 0.25) is 0 Å². The van der Waals surface area contributed by atoms with Gasteiger partial charge in [-0.15, -0.1) is 0 Å². The van der Waals surface area contributed by atoms with Crippen molar-refractivity contribution in [3.63, 3.8) is 0 Å². The van der Waals surface area contributed by atoms with Gasteiger partial charge in [0.2, 0.25) is 5.95 Å². The Hall–Kier alpha value is -1.55. The van der Waals surface area contributed by atoms with E-state index in [1.54, 1.807) is 7.11 Å². The number of imidazole rings is 1. The average molecular weight is 219 g/mol. The fourth-order valence-electron chi connectivity index (χ4n) is 1.93. The third-order valence-electron chi connectivity index (χ3n) is 2.63. The molecule has 0 aliphatic heterocycles. The number of nitrogens with zero attached hydrogens (tertiary/aromatic N) is 2. The molecule has 4 heteroatoms. The predicted octanol–water partition coefficient (Wildman–Crippen LogP) is 1.90. The molecule has 86 valence electrons. The van der Waals surface area contributed by atoms with Crippen LogP contribution in [0.5, 0.6) is 0 Å². The fraction of sp³-hybridized carbons (Fsp3) is 0.417. The summed E-state index contributed by atoms with van der Waals surface area (Å²) in [6.45, 7) is 3.70. The van der Waals surface area contributed by atoms with Crippen LogP contribution in [0.4, 0.5) is 5.95 Å². The van der Waals surface area contributed by atoms with Gasteiger partial charge in [0.25, 0.3) is 0 Å². The van der Waals surface area contributed by atoms with Crippen molar-refractivity contribution in [2.45, 2.75) is 13.5 Å². The summed E-state index contributed by atoms with van der Waals surface area (Å²) in [5, 5.41) is 0. The van der Waals surface area contributed by atoms with E-state index < -0.39 is 0 Å². The molecule has 2 rings (SSSR count). The zero-order chi connectivity index (χ0) is 11.5. The van der Waals surface area contributed by atoms with E-state index in [-0.39, 0.29) is 0 Å². The Morgan fingerprint density at radius 3 is 2.94 bits per heavy atom. The van der Waals surface area contributed by atoms with Crippen LogP contribution in [0.3, 0.4) is 0 Å². The number of aromatic nitrogens is 2. The first-order valence-corrected chi connectivity index (χ1v) is 5.42. The molecule has 2 N–H and O–H groups in total. The molecule has 0 fully saturated rings. The number of nitrogen functional groups attached to an aromatic ring is 1. The van der Waals surface area contributed by atoms with E-state index >= 15 is 0 Å². The lowest BCUT2D eigenvalue weighted by Crippen LogP contribution is -2.14. The third kappa shape index (κ3) is 2.02. The predicted molar refractivity (Wildman–Crippen MR) is 65.2 cm³/mol. The summed E-state index contributed by atoms with van der Waals surface area (Å²) < 4.78 is 7.17. The van der Waals surface area contributed by atoms with Gasteiger partial charge < -0.3 is 15.0 Å². The summed E-state index contributed by atoms with van der Waals surface area (Å²) in [7, 11) is 1.71. The highest BCUT2D eigenvalue weighted by Gasteiger charge is 2.10. The normalized spacial score (nSPS) is 13.1. The van der Waals surface area contributed by atoms with Crippen molar-refractivity contribution in [2.75, 3.05) is 19.5 Å². The summed E-state index contributed by atoms with van der Waals surface area (Å²) in [5.74, 6) is 0.994. The monoisotopic (exact) mass is 219 g/mol. The second-order valence-corrected chi connectivity index (χ2v) is 4.13. The van der Waals surface area contributed by atoms with E-state index in [4.69, 9.17) is 10.5 Å². The summed E-state index contributed by atoms with van der Waals surface area (Å²) in [5.41, 5.74) is 7.94. The molecule has 1 unspecified atom stereocenters. The van der Waals surface area contributed by atoms with Crippen LogP contribution in [0.25, 0.3) is 11.0 Å². The number of fused-ring (bicyclic) bond motifs is 1. The third-order valence-corrected chi connectivity index (χ3v) is 2.63. The molecule has 4 nitrogen and oxygen atoms in total. The lowest BCUT2D eigenvalue weighted by molar-refractivity contribution is 0.152. The second-order valence-electron chi connectivity index (χ2n) is 4.13. The highest BCUT2D eigenvalue weighted by Crippen LogP contribution is 2.18. The molecule has 0 aliphatic rings. The Bertz CT molecular complexity index is 478. The zero-order valence-corrected chi connectivity index (χ0v) is 9.68. The van der Waals surface area contributed by atoms with Gasteiger partial charge in [0.05, 0.1) is 17.6 Å². The smallest absolute Gasteiger partial charge is 0.201 e. The lowest BCUT2D eigenvalue weighted by atomic mass is 10.2. The first-order chi connectivity index (χ1) is 7.72. The van der Waals surface area contributed by atoms with Gasteiger partial charge in [-0.3, -0.25) is 0 Å². The standard InChI is InChI=1S/C12H17N3O/c1-9(8-16-2)7-15-11-6-4-3-5-10(11)14-12(15)13/h3-6,9H,7-8H2,1-2H3,(H2,13,14). The van der Waals surface area contributed by atoms with Crippen LogP contribution in [0.1, 0.15) is 6.92 Å². The SMILES string of the molecule is COCC(C)Cn1c(N)nc2ccccc21. The van der Waals surface area contributed by atoms with Crippen LogP contribution in [-0.4, -0.2) is 23.3 Å². The second kappa shape index (κ2) is 4.53. The van der Waals surface area contributed by atoms with E-state index in [9.17, 15) is 0 Å². The van der Waals surface area contributed by atoms with Gasteiger partial charge in [0, 0.05) is 13.7 Å². The van der Waals surface area contributed by atoms with Crippen molar-refractivity contribution in [3.05, 3.63) is 24.3 Å². The number of rotatable bonds is 4.